The number of hydrogen-bond donors (Lipinski definition) is 2. The van der Waals surface area contributed by atoms with Crippen molar-refractivity contribution in [2.45, 2.75) is 19.0 Å². The summed E-state index contributed by atoms with van der Waals surface area (Å²) in [5, 5.41) is 5.52. The predicted octanol–water partition coefficient (Wildman–Crippen LogP) is 2.75. The summed E-state index contributed by atoms with van der Waals surface area (Å²) in [7, 11) is 0. The first-order valence-electron chi connectivity index (χ1n) is 7.75. The van der Waals surface area contributed by atoms with Crippen molar-refractivity contribution < 1.29 is 14.0 Å². The first-order chi connectivity index (χ1) is 11.6. The van der Waals surface area contributed by atoms with Crippen LogP contribution in [0.25, 0.3) is 0 Å². The van der Waals surface area contributed by atoms with E-state index in [9.17, 15) is 14.0 Å². The Morgan fingerprint density at radius 3 is 2.71 bits per heavy atom. The zero-order valence-electron chi connectivity index (χ0n) is 13.0. The summed E-state index contributed by atoms with van der Waals surface area (Å²) >= 11 is 0. The normalized spacial score (nSPS) is 17.0. The molecule has 0 bridgehead atoms. The Labute approximate surface area is 139 Å². The van der Waals surface area contributed by atoms with Gasteiger partial charge in [0.1, 0.15) is 5.82 Å². The molecule has 24 heavy (non-hydrogen) atoms. The molecule has 0 aromatic heterocycles. The van der Waals surface area contributed by atoms with E-state index in [0.717, 1.165) is 5.56 Å². The zero-order chi connectivity index (χ0) is 16.9. The van der Waals surface area contributed by atoms with Gasteiger partial charge in [-0.05, 0) is 29.8 Å². The first-order valence-corrected chi connectivity index (χ1v) is 7.75. The van der Waals surface area contributed by atoms with Crippen LogP contribution in [-0.2, 0) is 11.3 Å². The van der Waals surface area contributed by atoms with Gasteiger partial charge in [0, 0.05) is 25.2 Å². The lowest BCUT2D eigenvalue weighted by Gasteiger charge is -2.17. The first kappa shape index (κ1) is 16.0. The molecule has 3 amide bonds. The Bertz CT molecular complexity index is 736. The third kappa shape index (κ3) is 4.10. The van der Waals surface area contributed by atoms with Crippen molar-refractivity contribution in [1.29, 1.82) is 0 Å². The Balaban J connectivity index is 1.53. The smallest absolute Gasteiger partial charge is 0.319 e. The molecule has 0 aliphatic carbocycles. The summed E-state index contributed by atoms with van der Waals surface area (Å²) in [5.74, 6) is -0.375. The van der Waals surface area contributed by atoms with Crippen LogP contribution >= 0.6 is 0 Å². The minimum absolute atomic E-state index is 0.0516. The maximum Gasteiger partial charge on any atom is 0.319 e. The Morgan fingerprint density at radius 1 is 1.17 bits per heavy atom. The van der Waals surface area contributed by atoms with Crippen molar-refractivity contribution in [3.8, 4) is 0 Å². The molecule has 1 aliphatic heterocycles. The lowest BCUT2D eigenvalue weighted by atomic mass is 10.2. The standard InChI is InChI=1S/C18H18FN3O2/c19-14-6-4-5-13(9-14)11-22-12-16(10-17(22)23)21-18(24)20-15-7-2-1-3-8-15/h1-9,16H,10-12H2,(H2,20,21,24). The molecule has 1 atom stereocenters. The fourth-order valence-corrected chi connectivity index (χ4v) is 2.75. The number of likely N-dealkylation sites (tertiary alicyclic amines) is 1. The molecular formula is C18H18FN3O2. The second-order valence-electron chi connectivity index (χ2n) is 5.77. The number of amides is 3. The van der Waals surface area contributed by atoms with E-state index in [0.29, 0.717) is 18.8 Å². The number of benzene rings is 2. The minimum Gasteiger partial charge on any atom is -0.336 e. The van der Waals surface area contributed by atoms with Crippen molar-refractivity contribution in [3.63, 3.8) is 0 Å². The van der Waals surface area contributed by atoms with Crippen molar-refractivity contribution >= 4 is 17.6 Å². The quantitative estimate of drug-likeness (QED) is 0.907. The van der Waals surface area contributed by atoms with E-state index in [-0.39, 0.29) is 30.2 Å². The number of para-hydroxylation sites is 1. The third-order valence-electron chi connectivity index (χ3n) is 3.84. The van der Waals surface area contributed by atoms with Crippen LogP contribution in [0.2, 0.25) is 0 Å². The van der Waals surface area contributed by atoms with Gasteiger partial charge < -0.3 is 15.5 Å². The number of halogens is 1. The summed E-state index contributed by atoms with van der Waals surface area (Å²) in [4.78, 5) is 25.7. The number of anilines is 1. The van der Waals surface area contributed by atoms with Gasteiger partial charge >= 0.3 is 6.03 Å². The Hall–Kier alpha value is -2.89. The molecule has 2 aromatic rings. The van der Waals surface area contributed by atoms with Crippen LogP contribution in [0.3, 0.4) is 0 Å². The molecular weight excluding hydrogens is 309 g/mol. The largest absolute Gasteiger partial charge is 0.336 e. The molecule has 2 N–H and O–H groups in total. The van der Waals surface area contributed by atoms with Gasteiger partial charge in [0.25, 0.3) is 0 Å². The van der Waals surface area contributed by atoms with E-state index in [1.54, 1.807) is 29.2 Å². The van der Waals surface area contributed by atoms with Gasteiger partial charge in [-0.2, -0.15) is 0 Å². The van der Waals surface area contributed by atoms with E-state index in [1.807, 2.05) is 18.2 Å². The van der Waals surface area contributed by atoms with Gasteiger partial charge in [-0.3, -0.25) is 4.79 Å². The van der Waals surface area contributed by atoms with Gasteiger partial charge in [-0.1, -0.05) is 30.3 Å². The van der Waals surface area contributed by atoms with Crippen molar-refractivity contribution in [1.82, 2.24) is 10.2 Å². The molecule has 0 saturated carbocycles. The molecule has 1 heterocycles. The van der Waals surface area contributed by atoms with Crippen molar-refractivity contribution in [3.05, 3.63) is 66.0 Å². The Kier molecular flexibility index (Phi) is 4.74. The summed E-state index contributed by atoms with van der Waals surface area (Å²) in [5.41, 5.74) is 1.42. The fraction of sp³-hybridized carbons (Fsp3) is 0.222. The maximum atomic E-state index is 13.2. The monoisotopic (exact) mass is 327 g/mol. The van der Waals surface area contributed by atoms with Crippen molar-refractivity contribution in [2.24, 2.45) is 0 Å². The van der Waals surface area contributed by atoms with Crippen molar-refractivity contribution in [2.75, 3.05) is 11.9 Å². The number of nitrogens with one attached hydrogen (secondary N) is 2. The number of nitrogens with zero attached hydrogens (tertiary/aromatic N) is 1. The predicted molar refractivity (Wildman–Crippen MR) is 88.8 cm³/mol. The SMILES string of the molecule is O=C(Nc1ccccc1)NC1CC(=O)N(Cc2cccc(F)c2)C1. The van der Waals surface area contributed by atoms with Gasteiger partial charge in [0.2, 0.25) is 5.91 Å². The van der Waals surface area contributed by atoms with Gasteiger partial charge in [-0.25, -0.2) is 9.18 Å². The molecule has 6 heteroatoms. The average Bonchev–Trinajstić information content (AvgIpc) is 2.87. The van der Waals surface area contributed by atoms with Gasteiger partial charge in [0.05, 0.1) is 6.04 Å². The topological polar surface area (TPSA) is 61.4 Å². The average molecular weight is 327 g/mol. The lowest BCUT2D eigenvalue weighted by molar-refractivity contribution is -0.128. The second-order valence-corrected chi connectivity index (χ2v) is 5.77. The highest BCUT2D eigenvalue weighted by molar-refractivity contribution is 5.90. The molecule has 1 fully saturated rings. The molecule has 124 valence electrons. The van der Waals surface area contributed by atoms with Crippen LogP contribution in [0.15, 0.2) is 54.6 Å². The summed E-state index contributed by atoms with van der Waals surface area (Å²) in [6.07, 6.45) is 0.248. The summed E-state index contributed by atoms with van der Waals surface area (Å²) in [6, 6.07) is 14.7. The molecule has 1 aliphatic rings. The summed E-state index contributed by atoms with van der Waals surface area (Å²) in [6.45, 7) is 0.757. The van der Waals surface area contributed by atoms with E-state index >= 15 is 0 Å². The molecule has 1 unspecified atom stereocenters. The number of rotatable bonds is 4. The van der Waals surface area contributed by atoms with E-state index in [2.05, 4.69) is 10.6 Å². The van der Waals surface area contributed by atoms with Crippen LogP contribution in [-0.4, -0.2) is 29.4 Å². The second kappa shape index (κ2) is 7.12. The van der Waals surface area contributed by atoms with Gasteiger partial charge in [0.15, 0.2) is 0 Å². The number of urea groups is 1. The molecule has 0 radical (unpaired) electrons. The van der Waals surface area contributed by atoms with Crippen LogP contribution in [0.1, 0.15) is 12.0 Å². The van der Waals surface area contributed by atoms with Crippen LogP contribution < -0.4 is 10.6 Å². The maximum absolute atomic E-state index is 13.2. The highest BCUT2D eigenvalue weighted by Crippen LogP contribution is 2.16. The van der Waals surface area contributed by atoms with Crippen LogP contribution in [0, 0.1) is 5.82 Å². The highest BCUT2D eigenvalue weighted by Gasteiger charge is 2.30. The third-order valence-corrected chi connectivity index (χ3v) is 3.84. The highest BCUT2D eigenvalue weighted by atomic mass is 19.1. The van der Waals surface area contributed by atoms with E-state index in [4.69, 9.17) is 0 Å². The zero-order valence-corrected chi connectivity index (χ0v) is 13.0. The number of hydrogen-bond acceptors (Lipinski definition) is 2. The fourth-order valence-electron chi connectivity index (χ4n) is 2.75. The number of carbonyl (C=O) groups excluding carboxylic acids is 2. The number of carbonyl (C=O) groups is 2. The molecule has 0 spiro atoms. The van der Waals surface area contributed by atoms with E-state index < -0.39 is 0 Å². The molecule has 5 nitrogen and oxygen atoms in total. The molecule has 3 rings (SSSR count). The summed E-state index contributed by atoms with van der Waals surface area (Å²) < 4.78 is 13.2. The van der Waals surface area contributed by atoms with Crippen LogP contribution in [0.5, 0.6) is 0 Å². The molecule has 2 aromatic carbocycles. The Morgan fingerprint density at radius 2 is 1.96 bits per heavy atom. The van der Waals surface area contributed by atoms with Gasteiger partial charge in [-0.15, -0.1) is 0 Å². The van der Waals surface area contributed by atoms with Crippen LogP contribution in [0.4, 0.5) is 14.9 Å². The lowest BCUT2D eigenvalue weighted by Crippen LogP contribution is -2.39. The minimum atomic E-state index is -0.341. The molecule has 1 saturated heterocycles. The van der Waals surface area contributed by atoms with E-state index in [1.165, 1.54) is 12.1 Å².